The molecular weight excluding hydrogens is 492 g/mol. The molecule has 8 nitrogen and oxygen atoms in total. The van der Waals surface area contributed by atoms with E-state index >= 15 is 0 Å². The van der Waals surface area contributed by atoms with Gasteiger partial charge in [-0.1, -0.05) is 83.9 Å². The molecule has 0 aliphatic heterocycles. The molecule has 0 atom stereocenters. The van der Waals surface area contributed by atoms with Crippen molar-refractivity contribution in [2.45, 2.75) is 38.5 Å². The molecule has 5 aromatic rings. The predicted molar refractivity (Wildman–Crippen MR) is 147 cm³/mol. The SMILES string of the molecule is CCOC(=O)C1(c2ccc(-c3ccc(-c4onc(CC)c4Nc4nnc(-c5ccccc5)o4)cc3)cc2)CC1. The van der Waals surface area contributed by atoms with Crippen LogP contribution in [0.2, 0.25) is 0 Å². The van der Waals surface area contributed by atoms with Gasteiger partial charge in [-0.25, -0.2) is 0 Å². The summed E-state index contributed by atoms with van der Waals surface area (Å²) in [6.45, 7) is 4.25. The Bertz CT molecular complexity index is 1580. The van der Waals surface area contributed by atoms with Crippen LogP contribution in [0.1, 0.15) is 37.9 Å². The Balaban J connectivity index is 1.22. The zero-order chi connectivity index (χ0) is 26.8. The Morgan fingerprint density at radius 1 is 0.872 bits per heavy atom. The lowest BCUT2D eigenvalue weighted by Crippen LogP contribution is -2.23. The molecule has 0 bridgehead atoms. The lowest BCUT2D eigenvalue weighted by atomic mass is 9.93. The highest BCUT2D eigenvalue weighted by molar-refractivity contribution is 5.87. The van der Waals surface area contributed by atoms with Crippen LogP contribution in [0.3, 0.4) is 0 Å². The second kappa shape index (κ2) is 10.2. The summed E-state index contributed by atoms with van der Waals surface area (Å²) in [7, 11) is 0. The molecule has 1 fully saturated rings. The van der Waals surface area contributed by atoms with Crippen LogP contribution in [-0.2, 0) is 21.4 Å². The topological polar surface area (TPSA) is 103 Å². The summed E-state index contributed by atoms with van der Waals surface area (Å²) in [4.78, 5) is 12.4. The maximum Gasteiger partial charge on any atom is 0.320 e. The van der Waals surface area contributed by atoms with Crippen molar-refractivity contribution in [3.05, 3.63) is 90.1 Å². The number of carbonyl (C=O) groups excluding carboxylic acids is 1. The van der Waals surface area contributed by atoms with Crippen molar-refractivity contribution in [1.29, 1.82) is 0 Å². The van der Waals surface area contributed by atoms with Gasteiger partial charge < -0.3 is 19.0 Å². The lowest BCUT2D eigenvalue weighted by molar-refractivity contribution is -0.146. The fourth-order valence-electron chi connectivity index (χ4n) is 4.77. The quantitative estimate of drug-likeness (QED) is 0.208. The van der Waals surface area contributed by atoms with Crippen LogP contribution in [0.5, 0.6) is 0 Å². The molecule has 0 spiro atoms. The van der Waals surface area contributed by atoms with Gasteiger partial charge in [-0.2, -0.15) is 0 Å². The molecule has 6 rings (SSSR count). The number of nitrogens with one attached hydrogen (secondary N) is 1. The van der Waals surface area contributed by atoms with Crippen LogP contribution in [-0.4, -0.2) is 27.9 Å². The van der Waals surface area contributed by atoms with Crippen LogP contribution >= 0.6 is 0 Å². The van der Waals surface area contributed by atoms with Crippen molar-refractivity contribution >= 4 is 17.7 Å². The largest absolute Gasteiger partial charge is 0.465 e. The van der Waals surface area contributed by atoms with Gasteiger partial charge in [0, 0.05) is 11.1 Å². The number of anilines is 2. The second-order valence-corrected chi connectivity index (χ2v) is 9.55. The summed E-state index contributed by atoms with van der Waals surface area (Å²) in [5.41, 5.74) is 5.84. The first-order valence-corrected chi connectivity index (χ1v) is 13.1. The minimum absolute atomic E-state index is 0.123. The number of aromatic nitrogens is 3. The molecule has 0 amide bonds. The van der Waals surface area contributed by atoms with Crippen molar-refractivity contribution in [2.75, 3.05) is 11.9 Å². The van der Waals surface area contributed by atoms with Crippen molar-refractivity contribution in [2.24, 2.45) is 0 Å². The van der Waals surface area contributed by atoms with Crippen LogP contribution in [0, 0.1) is 0 Å². The molecule has 39 heavy (non-hydrogen) atoms. The molecule has 0 unspecified atom stereocenters. The monoisotopic (exact) mass is 520 g/mol. The van der Waals surface area contributed by atoms with Gasteiger partial charge in [-0.15, -0.1) is 5.10 Å². The highest BCUT2D eigenvalue weighted by atomic mass is 16.5. The molecule has 8 heteroatoms. The molecule has 2 heterocycles. The van der Waals surface area contributed by atoms with E-state index in [4.69, 9.17) is 13.7 Å². The summed E-state index contributed by atoms with van der Waals surface area (Å²) in [5, 5.41) is 15.8. The first-order valence-electron chi connectivity index (χ1n) is 13.1. The van der Waals surface area contributed by atoms with Gasteiger partial charge >= 0.3 is 12.0 Å². The van der Waals surface area contributed by atoms with E-state index in [9.17, 15) is 4.79 Å². The van der Waals surface area contributed by atoms with E-state index < -0.39 is 5.41 Å². The van der Waals surface area contributed by atoms with Gasteiger partial charge in [0.25, 0.3) is 0 Å². The number of hydrogen-bond acceptors (Lipinski definition) is 8. The van der Waals surface area contributed by atoms with Gasteiger partial charge in [0.15, 0.2) is 5.76 Å². The molecule has 3 aromatic carbocycles. The van der Waals surface area contributed by atoms with Crippen LogP contribution < -0.4 is 5.32 Å². The number of nitrogens with zero attached hydrogens (tertiary/aromatic N) is 3. The average Bonchev–Trinajstić information content (AvgIpc) is 3.50. The number of ether oxygens (including phenoxy) is 1. The number of rotatable bonds is 9. The summed E-state index contributed by atoms with van der Waals surface area (Å²) in [6, 6.07) is 26.1. The van der Waals surface area contributed by atoms with E-state index in [0.29, 0.717) is 30.4 Å². The van der Waals surface area contributed by atoms with Crippen LogP contribution in [0.15, 0.2) is 87.8 Å². The Kier molecular flexibility index (Phi) is 6.44. The third-order valence-corrected chi connectivity index (χ3v) is 7.11. The van der Waals surface area contributed by atoms with E-state index in [1.807, 2.05) is 80.6 Å². The standard InChI is InChI=1S/C31H28N4O4/c1-3-25-26(32-30-34-33-28(38-30)23-8-6-5-7-9-23)27(39-35-25)22-12-10-20(11-13-22)21-14-16-24(17-15-21)31(18-19-31)29(36)37-4-2/h5-17H,3-4,18-19H2,1-2H3,(H,32,34). The third kappa shape index (κ3) is 4.69. The Labute approximate surface area is 226 Å². The van der Waals surface area contributed by atoms with Gasteiger partial charge in [0.1, 0.15) is 11.4 Å². The molecule has 1 aliphatic rings. The maximum atomic E-state index is 12.4. The fourth-order valence-corrected chi connectivity index (χ4v) is 4.77. The molecule has 1 aliphatic carbocycles. The van der Waals surface area contributed by atoms with Crippen molar-refractivity contribution in [3.63, 3.8) is 0 Å². The molecular formula is C31H28N4O4. The third-order valence-electron chi connectivity index (χ3n) is 7.11. The predicted octanol–water partition coefficient (Wildman–Crippen LogP) is 6.96. The van der Waals surface area contributed by atoms with E-state index in [-0.39, 0.29) is 12.0 Å². The molecule has 1 N–H and O–H groups in total. The van der Waals surface area contributed by atoms with E-state index in [1.165, 1.54) is 0 Å². The van der Waals surface area contributed by atoms with E-state index in [0.717, 1.165) is 46.4 Å². The minimum Gasteiger partial charge on any atom is -0.465 e. The summed E-state index contributed by atoms with van der Waals surface area (Å²) in [5.74, 6) is 0.902. The first kappa shape index (κ1) is 24.6. The van der Waals surface area contributed by atoms with Crippen LogP contribution in [0.4, 0.5) is 11.7 Å². The number of benzene rings is 3. The maximum absolute atomic E-state index is 12.4. The highest BCUT2D eigenvalue weighted by Gasteiger charge is 2.52. The molecule has 2 aromatic heterocycles. The zero-order valence-electron chi connectivity index (χ0n) is 21.8. The summed E-state index contributed by atoms with van der Waals surface area (Å²) < 4.78 is 16.9. The van der Waals surface area contributed by atoms with Crippen LogP contribution in [0.25, 0.3) is 33.9 Å². The van der Waals surface area contributed by atoms with Crippen molar-refractivity contribution < 1.29 is 18.5 Å². The summed E-state index contributed by atoms with van der Waals surface area (Å²) >= 11 is 0. The Morgan fingerprint density at radius 2 is 1.54 bits per heavy atom. The number of hydrogen-bond donors (Lipinski definition) is 1. The Morgan fingerprint density at radius 3 is 2.18 bits per heavy atom. The van der Waals surface area contributed by atoms with Crippen molar-refractivity contribution in [3.8, 4) is 33.9 Å². The number of carbonyl (C=O) groups is 1. The van der Waals surface area contributed by atoms with E-state index in [1.54, 1.807) is 0 Å². The number of aryl methyl sites for hydroxylation is 1. The van der Waals surface area contributed by atoms with Crippen molar-refractivity contribution in [1.82, 2.24) is 15.4 Å². The molecule has 196 valence electrons. The zero-order valence-corrected chi connectivity index (χ0v) is 21.8. The smallest absolute Gasteiger partial charge is 0.320 e. The fraction of sp³-hybridized carbons (Fsp3) is 0.226. The first-order chi connectivity index (χ1) is 19.1. The summed E-state index contributed by atoms with van der Waals surface area (Å²) in [6.07, 6.45) is 2.35. The van der Waals surface area contributed by atoms with E-state index in [2.05, 4.69) is 32.8 Å². The average molecular weight is 521 g/mol. The molecule has 0 saturated heterocycles. The molecule has 0 radical (unpaired) electrons. The normalized spacial score (nSPS) is 13.7. The highest BCUT2D eigenvalue weighted by Crippen LogP contribution is 2.49. The minimum atomic E-state index is -0.467. The lowest BCUT2D eigenvalue weighted by Gasteiger charge is -2.14. The number of esters is 1. The molecule has 1 saturated carbocycles. The van der Waals surface area contributed by atoms with Gasteiger partial charge in [-0.05, 0) is 55.0 Å². The van der Waals surface area contributed by atoms with Gasteiger partial charge in [-0.3, -0.25) is 4.79 Å². The van der Waals surface area contributed by atoms with Gasteiger partial charge in [0.05, 0.1) is 12.0 Å². The van der Waals surface area contributed by atoms with Gasteiger partial charge in [0.2, 0.25) is 5.89 Å². The second-order valence-electron chi connectivity index (χ2n) is 9.55. The Hall–Kier alpha value is -4.72.